The van der Waals surface area contributed by atoms with E-state index in [0.29, 0.717) is 10.7 Å². The summed E-state index contributed by atoms with van der Waals surface area (Å²) in [5.74, 6) is -0.296. The zero-order valence-corrected chi connectivity index (χ0v) is 12.5. The van der Waals surface area contributed by atoms with E-state index in [-0.39, 0.29) is 18.6 Å². The number of hydrogen-bond donors (Lipinski definition) is 0. The SMILES string of the molecule is CC(=O)OCC(C)n1cnc2c(Cl)nc3ccccc3c21. The zero-order chi connectivity index (χ0) is 15.0. The molecule has 0 N–H and O–H groups in total. The Morgan fingerprint density at radius 1 is 1.43 bits per heavy atom. The Morgan fingerprint density at radius 3 is 2.95 bits per heavy atom. The first-order valence-corrected chi connectivity index (χ1v) is 7.00. The number of hydrogen-bond acceptors (Lipinski definition) is 4. The quantitative estimate of drug-likeness (QED) is 0.550. The minimum absolute atomic E-state index is 0.0410. The average molecular weight is 304 g/mol. The Morgan fingerprint density at radius 2 is 2.19 bits per heavy atom. The van der Waals surface area contributed by atoms with Gasteiger partial charge >= 0.3 is 5.97 Å². The molecule has 1 unspecified atom stereocenters. The Kier molecular flexibility index (Phi) is 3.51. The van der Waals surface area contributed by atoms with Gasteiger partial charge in [-0.1, -0.05) is 29.8 Å². The molecule has 3 aromatic rings. The normalized spacial score (nSPS) is 12.7. The molecule has 5 nitrogen and oxygen atoms in total. The Hall–Kier alpha value is -2.14. The van der Waals surface area contributed by atoms with Crippen molar-refractivity contribution in [3.8, 4) is 0 Å². The summed E-state index contributed by atoms with van der Waals surface area (Å²) in [6.45, 7) is 3.65. The largest absolute Gasteiger partial charge is 0.464 e. The highest BCUT2D eigenvalue weighted by Crippen LogP contribution is 2.30. The third-order valence-corrected chi connectivity index (χ3v) is 3.63. The summed E-state index contributed by atoms with van der Waals surface area (Å²) in [5.41, 5.74) is 2.38. The Labute approximate surface area is 126 Å². The maximum absolute atomic E-state index is 11.0. The molecule has 0 saturated heterocycles. The number of ether oxygens (including phenoxy) is 1. The van der Waals surface area contributed by atoms with Crippen LogP contribution in [0.5, 0.6) is 0 Å². The van der Waals surface area contributed by atoms with Crippen LogP contribution in [0.3, 0.4) is 0 Å². The number of para-hydroxylation sites is 1. The molecular formula is C15H14ClN3O2. The monoisotopic (exact) mass is 303 g/mol. The molecule has 0 aliphatic carbocycles. The van der Waals surface area contributed by atoms with E-state index in [2.05, 4.69) is 9.97 Å². The van der Waals surface area contributed by atoms with Crippen molar-refractivity contribution in [2.24, 2.45) is 0 Å². The lowest BCUT2D eigenvalue weighted by Crippen LogP contribution is -2.13. The molecule has 0 saturated carbocycles. The number of fused-ring (bicyclic) bond motifs is 3. The van der Waals surface area contributed by atoms with Gasteiger partial charge in [-0.25, -0.2) is 9.97 Å². The van der Waals surface area contributed by atoms with Gasteiger partial charge in [-0.3, -0.25) is 4.79 Å². The molecular weight excluding hydrogens is 290 g/mol. The molecule has 1 atom stereocenters. The van der Waals surface area contributed by atoms with Crippen LogP contribution in [0.25, 0.3) is 21.9 Å². The number of halogens is 1. The second kappa shape index (κ2) is 5.33. The number of rotatable bonds is 3. The van der Waals surface area contributed by atoms with Gasteiger partial charge in [0.2, 0.25) is 0 Å². The minimum atomic E-state index is -0.296. The van der Waals surface area contributed by atoms with Crippen LogP contribution in [0.2, 0.25) is 5.15 Å². The number of benzene rings is 1. The van der Waals surface area contributed by atoms with Gasteiger partial charge in [0.15, 0.2) is 5.15 Å². The van der Waals surface area contributed by atoms with Gasteiger partial charge in [-0.15, -0.1) is 0 Å². The van der Waals surface area contributed by atoms with E-state index < -0.39 is 0 Å². The van der Waals surface area contributed by atoms with Crippen molar-refractivity contribution >= 4 is 39.5 Å². The summed E-state index contributed by atoms with van der Waals surface area (Å²) in [6, 6.07) is 7.72. The van der Waals surface area contributed by atoms with Crippen molar-refractivity contribution in [1.82, 2.24) is 14.5 Å². The summed E-state index contributed by atoms with van der Waals surface area (Å²) in [7, 11) is 0. The van der Waals surface area contributed by atoms with Crippen molar-refractivity contribution < 1.29 is 9.53 Å². The molecule has 0 amide bonds. The molecule has 21 heavy (non-hydrogen) atoms. The molecule has 108 valence electrons. The predicted octanol–water partition coefficient (Wildman–Crippen LogP) is 3.36. The van der Waals surface area contributed by atoms with Crippen LogP contribution in [-0.4, -0.2) is 27.1 Å². The number of nitrogens with zero attached hydrogens (tertiary/aromatic N) is 3. The molecule has 1 aromatic carbocycles. The van der Waals surface area contributed by atoms with E-state index in [9.17, 15) is 4.79 Å². The van der Waals surface area contributed by atoms with Gasteiger partial charge in [0.25, 0.3) is 0 Å². The van der Waals surface area contributed by atoms with Gasteiger partial charge in [0.1, 0.15) is 12.1 Å². The predicted molar refractivity (Wildman–Crippen MR) is 81.4 cm³/mol. The zero-order valence-electron chi connectivity index (χ0n) is 11.7. The second-order valence-electron chi connectivity index (χ2n) is 4.92. The highest BCUT2D eigenvalue weighted by atomic mass is 35.5. The third-order valence-electron chi connectivity index (χ3n) is 3.37. The first kappa shape index (κ1) is 13.8. The number of pyridine rings is 1. The number of carbonyl (C=O) groups excluding carboxylic acids is 1. The fourth-order valence-corrected chi connectivity index (χ4v) is 2.59. The smallest absolute Gasteiger partial charge is 0.302 e. The van der Waals surface area contributed by atoms with Crippen LogP contribution >= 0.6 is 11.6 Å². The summed E-state index contributed by atoms with van der Waals surface area (Å²) in [5, 5.41) is 1.35. The van der Waals surface area contributed by atoms with Crippen molar-refractivity contribution in [1.29, 1.82) is 0 Å². The molecule has 0 radical (unpaired) electrons. The van der Waals surface area contributed by atoms with Crippen LogP contribution in [0, 0.1) is 0 Å². The van der Waals surface area contributed by atoms with Gasteiger partial charge < -0.3 is 9.30 Å². The molecule has 3 rings (SSSR count). The molecule has 0 aliphatic heterocycles. The van der Waals surface area contributed by atoms with Gasteiger partial charge in [-0.2, -0.15) is 0 Å². The topological polar surface area (TPSA) is 57.0 Å². The Bertz CT molecular complexity index is 828. The maximum atomic E-state index is 11.0. The van der Waals surface area contributed by atoms with E-state index in [1.807, 2.05) is 35.8 Å². The van der Waals surface area contributed by atoms with Crippen LogP contribution in [0.4, 0.5) is 0 Å². The van der Waals surface area contributed by atoms with Crippen LogP contribution in [-0.2, 0) is 9.53 Å². The van der Waals surface area contributed by atoms with Crippen LogP contribution < -0.4 is 0 Å². The van der Waals surface area contributed by atoms with E-state index >= 15 is 0 Å². The van der Waals surface area contributed by atoms with Gasteiger partial charge in [0.05, 0.1) is 23.4 Å². The summed E-state index contributed by atoms with van der Waals surface area (Å²) in [4.78, 5) is 19.7. The van der Waals surface area contributed by atoms with Gasteiger partial charge in [0, 0.05) is 12.3 Å². The van der Waals surface area contributed by atoms with Crippen molar-refractivity contribution in [2.45, 2.75) is 19.9 Å². The minimum Gasteiger partial charge on any atom is -0.464 e. The lowest BCUT2D eigenvalue weighted by atomic mass is 10.2. The third kappa shape index (κ3) is 2.45. The highest BCUT2D eigenvalue weighted by Gasteiger charge is 2.16. The molecule has 2 heterocycles. The lowest BCUT2D eigenvalue weighted by molar-refractivity contribution is -0.141. The van der Waals surface area contributed by atoms with E-state index in [4.69, 9.17) is 16.3 Å². The molecule has 2 aromatic heterocycles. The van der Waals surface area contributed by atoms with E-state index in [1.165, 1.54) is 6.92 Å². The molecule has 0 spiro atoms. The van der Waals surface area contributed by atoms with Gasteiger partial charge in [-0.05, 0) is 13.0 Å². The maximum Gasteiger partial charge on any atom is 0.302 e. The first-order valence-electron chi connectivity index (χ1n) is 6.62. The molecule has 0 aliphatic rings. The number of esters is 1. The number of imidazole rings is 1. The lowest BCUT2D eigenvalue weighted by Gasteiger charge is -2.15. The van der Waals surface area contributed by atoms with Crippen LogP contribution in [0.15, 0.2) is 30.6 Å². The van der Waals surface area contributed by atoms with E-state index in [1.54, 1.807) is 6.33 Å². The average Bonchev–Trinajstić information content (AvgIpc) is 2.90. The fourth-order valence-electron chi connectivity index (χ4n) is 2.36. The molecule has 6 heteroatoms. The van der Waals surface area contributed by atoms with Crippen molar-refractivity contribution in [3.05, 3.63) is 35.7 Å². The highest BCUT2D eigenvalue weighted by molar-refractivity contribution is 6.35. The molecule has 0 fully saturated rings. The standard InChI is InChI=1S/C15H14ClN3O2/c1-9(7-21-10(2)20)19-8-17-13-14(19)11-5-3-4-6-12(11)18-15(13)16/h3-6,8-9H,7H2,1-2H3. The number of aromatic nitrogens is 3. The second-order valence-corrected chi connectivity index (χ2v) is 5.28. The Balaban J connectivity index is 2.17. The fraction of sp³-hybridized carbons (Fsp3) is 0.267. The summed E-state index contributed by atoms with van der Waals surface area (Å²) in [6.07, 6.45) is 1.71. The number of carbonyl (C=O) groups is 1. The van der Waals surface area contributed by atoms with Crippen LogP contribution in [0.1, 0.15) is 19.9 Å². The van der Waals surface area contributed by atoms with Crippen molar-refractivity contribution in [2.75, 3.05) is 6.61 Å². The summed E-state index contributed by atoms with van der Waals surface area (Å²) < 4.78 is 7.05. The van der Waals surface area contributed by atoms with Crippen molar-refractivity contribution in [3.63, 3.8) is 0 Å². The summed E-state index contributed by atoms with van der Waals surface area (Å²) >= 11 is 6.21. The van der Waals surface area contributed by atoms with E-state index in [0.717, 1.165) is 16.4 Å². The first-order chi connectivity index (χ1) is 10.1. The molecule has 0 bridgehead atoms.